The normalized spacial score (nSPS) is 17.7. The first-order chi connectivity index (χ1) is 10.3. The maximum Gasteiger partial charge on any atom is 0.0640 e. The Morgan fingerprint density at radius 1 is 1.29 bits per heavy atom. The van der Waals surface area contributed by atoms with Crippen molar-refractivity contribution in [1.82, 2.24) is 15.2 Å². The van der Waals surface area contributed by atoms with Gasteiger partial charge >= 0.3 is 0 Å². The maximum absolute atomic E-state index is 5.83. The van der Waals surface area contributed by atoms with Gasteiger partial charge in [-0.05, 0) is 37.7 Å². The topological polar surface area (TPSA) is 55.9 Å². The molecule has 1 aromatic rings. The Bertz CT molecular complexity index is 389. The minimum Gasteiger partial charge on any atom is -0.271 e. The van der Waals surface area contributed by atoms with Crippen LogP contribution < -0.4 is 11.3 Å². The second kappa shape index (κ2) is 8.54. The summed E-state index contributed by atoms with van der Waals surface area (Å²) >= 11 is 0. The molecule has 0 spiro atoms. The van der Waals surface area contributed by atoms with Crippen LogP contribution in [0.5, 0.6) is 0 Å². The monoisotopic (exact) mass is 292 g/mol. The highest BCUT2D eigenvalue weighted by molar-refractivity contribution is 5.03. The highest BCUT2D eigenvalue weighted by atomic mass is 15.3. The van der Waals surface area contributed by atoms with Gasteiger partial charge in [0.15, 0.2) is 0 Å². The third-order valence-electron chi connectivity index (χ3n) is 4.89. The van der Waals surface area contributed by atoms with Crippen LogP contribution in [0.1, 0.15) is 76.9 Å². The van der Waals surface area contributed by atoms with Crippen molar-refractivity contribution >= 4 is 0 Å². The van der Waals surface area contributed by atoms with Gasteiger partial charge in [-0.2, -0.15) is 5.10 Å². The van der Waals surface area contributed by atoms with E-state index in [-0.39, 0.29) is 0 Å². The van der Waals surface area contributed by atoms with Crippen LogP contribution in [0.2, 0.25) is 0 Å². The van der Waals surface area contributed by atoms with Crippen LogP contribution in [0.25, 0.3) is 0 Å². The highest BCUT2D eigenvalue weighted by Gasteiger charge is 2.22. The fraction of sp³-hybridized carbons (Fsp3) is 0.824. The Kier molecular flexibility index (Phi) is 6.71. The van der Waals surface area contributed by atoms with E-state index >= 15 is 0 Å². The summed E-state index contributed by atoms with van der Waals surface area (Å²) in [5, 5.41) is 4.80. The molecule has 1 aliphatic rings. The number of nitrogens with one attached hydrogen (secondary N) is 1. The van der Waals surface area contributed by atoms with Crippen LogP contribution in [-0.2, 0) is 6.42 Å². The van der Waals surface area contributed by atoms with Crippen LogP contribution in [-0.4, -0.2) is 15.8 Å². The third-order valence-corrected chi connectivity index (χ3v) is 4.89. The maximum atomic E-state index is 5.83. The lowest BCUT2D eigenvalue weighted by molar-refractivity contribution is 0.308. The van der Waals surface area contributed by atoms with E-state index in [1.807, 2.05) is 0 Å². The summed E-state index contributed by atoms with van der Waals surface area (Å²) in [6.45, 7) is 4.51. The van der Waals surface area contributed by atoms with E-state index < -0.39 is 0 Å². The number of hydrogen-bond donors (Lipinski definition) is 2. The summed E-state index contributed by atoms with van der Waals surface area (Å²) in [5.74, 6) is 6.48. The molecule has 0 amide bonds. The summed E-state index contributed by atoms with van der Waals surface area (Å²) in [6, 6.07) is 3.15. The lowest BCUT2D eigenvalue weighted by Crippen LogP contribution is -2.42. The molecular formula is C17H32N4. The zero-order chi connectivity index (χ0) is 15.1. The van der Waals surface area contributed by atoms with Crippen molar-refractivity contribution in [3.63, 3.8) is 0 Å². The molecule has 1 atom stereocenters. The molecule has 1 heterocycles. The van der Waals surface area contributed by atoms with E-state index in [1.54, 1.807) is 0 Å². The lowest BCUT2D eigenvalue weighted by atomic mass is 9.88. The van der Waals surface area contributed by atoms with Crippen molar-refractivity contribution in [2.75, 3.05) is 0 Å². The molecule has 0 saturated heterocycles. The zero-order valence-electron chi connectivity index (χ0n) is 13.7. The van der Waals surface area contributed by atoms with Crippen molar-refractivity contribution in [3.8, 4) is 0 Å². The number of hydrazine groups is 1. The number of rotatable bonds is 9. The molecule has 0 radical (unpaired) electrons. The van der Waals surface area contributed by atoms with E-state index in [9.17, 15) is 0 Å². The van der Waals surface area contributed by atoms with Crippen molar-refractivity contribution < 1.29 is 0 Å². The first kappa shape index (κ1) is 16.5. The van der Waals surface area contributed by atoms with E-state index in [0.29, 0.717) is 18.0 Å². The van der Waals surface area contributed by atoms with Gasteiger partial charge in [-0.1, -0.05) is 39.5 Å². The Labute approximate surface area is 129 Å². The number of nitrogens with zero attached hydrogens (tertiary/aromatic N) is 2. The summed E-state index contributed by atoms with van der Waals surface area (Å²) < 4.78 is 2.19. The first-order valence-corrected chi connectivity index (χ1v) is 8.78. The largest absolute Gasteiger partial charge is 0.271 e. The Hall–Kier alpha value is -0.870. The van der Waals surface area contributed by atoms with Gasteiger partial charge in [0.1, 0.15) is 0 Å². The standard InChI is InChI=1S/C17H32N4/c1-3-7-14(8-4-2)17(19-18)13-15-11-12-21(20-15)16-9-5-6-10-16/h11-12,14,16-17,19H,3-10,13,18H2,1-2H3. The number of nitrogens with two attached hydrogens (primary N) is 1. The minimum absolute atomic E-state index is 0.344. The fourth-order valence-corrected chi connectivity index (χ4v) is 3.73. The van der Waals surface area contributed by atoms with E-state index in [1.165, 1.54) is 57.1 Å². The molecule has 3 N–H and O–H groups in total. The third kappa shape index (κ3) is 4.55. The predicted molar refractivity (Wildman–Crippen MR) is 87.9 cm³/mol. The van der Waals surface area contributed by atoms with Crippen molar-refractivity contribution in [2.45, 2.75) is 83.7 Å². The molecule has 120 valence electrons. The minimum atomic E-state index is 0.344. The van der Waals surface area contributed by atoms with Gasteiger partial charge in [0, 0.05) is 18.7 Å². The van der Waals surface area contributed by atoms with E-state index in [4.69, 9.17) is 10.9 Å². The van der Waals surface area contributed by atoms with Gasteiger partial charge in [0.25, 0.3) is 0 Å². The molecule has 21 heavy (non-hydrogen) atoms. The summed E-state index contributed by atoms with van der Waals surface area (Å²) in [7, 11) is 0. The summed E-state index contributed by atoms with van der Waals surface area (Å²) in [6.07, 6.45) is 13.3. The number of hydrogen-bond acceptors (Lipinski definition) is 3. The van der Waals surface area contributed by atoms with Gasteiger partial charge in [-0.25, -0.2) is 0 Å². The van der Waals surface area contributed by atoms with Crippen LogP contribution in [0, 0.1) is 5.92 Å². The van der Waals surface area contributed by atoms with Crippen LogP contribution in [0.3, 0.4) is 0 Å². The van der Waals surface area contributed by atoms with Gasteiger partial charge in [-0.15, -0.1) is 0 Å². The van der Waals surface area contributed by atoms with Crippen molar-refractivity contribution in [1.29, 1.82) is 0 Å². The van der Waals surface area contributed by atoms with Crippen LogP contribution in [0.4, 0.5) is 0 Å². The average molecular weight is 292 g/mol. The van der Waals surface area contributed by atoms with E-state index in [2.05, 4.69) is 36.2 Å². The quantitative estimate of drug-likeness (QED) is 0.540. The fourth-order valence-electron chi connectivity index (χ4n) is 3.73. The summed E-state index contributed by atoms with van der Waals surface area (Å²) in [5.41, 5.74) is 4.23. The summed E-state index contributed by atoms with van der Waals surface area (Å²) in [4.78, 5) is 0. The molecule has 1 unspecified atom stereocenters. The molecule has 4 heteroatoms. The van der Waals surface area contributed by atoms with Crippen molar-refractivity contribution in [3.05, 3.63) is 18.0 Å². The molecule has 0 aliphatic heterocycles. The number of aromatic nitrogens is 2. The Balaban J connectivity index is 1.96. The molecule has 0 bridgehead atoms. The molecule has 1 aromatic heterocycles. The molecular weight excluding hydrogens is 260 g/mol. The molecule has 2 rings (SSSR count). The van der Waals surface area contributed by atoms with Crippen LogP contribution in [0.15, 0.2) is 12.3 Å². The highest BCUT2D eigenvalue weighted by Crippen LogP contribution is 2.29. The van der Waals surface area contributed by atoms with Crippen molar-refractivity contribution in [2.24, 2.45) is 11.8 Å². The van der Waals surface area contributed by atoms with Gasteiger partial charge in [0.2, 0.25) is 0 Å². The second-order valence-electron chi connectivity index (χ2n) is 6.54. The molecule has 0 aromatic carbocycles. The smallest absolute Gasteiger partial charge is 0.0640 e. The van der Waals surface area contributed by atoms with Crippen LogP contribution >= 0.6 is 0 Å². The van der Waals surface area contributed by atoms with Gasteiger partial charge in [-0.3, -0.25) is 16.0 Å². The Morgan fingerprint density at radius 3 is 2.52 bits per heavy atom. The Morgan fingerprint density at radius 2 is 1.95 bits per heavy atom. The predicted octanol–water partition coefficient (Wildman–Crippen LogP) is 3.59. The molecule has 1 saturated carbocycles. The zero-order valence-corrected chi connectivity index (χ0v) is 13.7. The molecule has 4 nitrogen and oxygen atoms in total. The van der Waals surface area contributed by atoms with Gasteiger partial charge < -0.3 is 0 Å². The second-order valence-corrected chi connectivity index (χ2v) is 6.54. The SMILES string of the molecule is CCCC(CCC)C(Cc1ccn(C2CCCC2)n1)NN. The van der Waals surface area contributed by atoms with E-state index in [0.717, 1.165) is 6.42 Å². The lowest BCUT2D eigenvalue weighted by Gasteiger charge is -2.25. The molecule has 1 aliphatic carbocycles. The first-order valence-electron chi connectivity index (χ1n) is 8.78. The average Bonchev–Trinajstić information content (AvgIpc) is 3.15. The molecule has 1 fully saturated rings. The van der Waals surface area contributed by atoms with Gasteiger partial charge in [0.05, 0.1) is 11.7 Å².